The van der Waals surface area contributed by atoms with Gasteiger partial charge in [-0.3, -0.25) is 8.94 Å². The van der Waals surface area contributed by atoms with Crippen molar-refractivity contribution in [1.29, 1.82) is 0 Å². The Morgan fingerprint density at radius 2 is 1.41 bits per heavy atom. The number of carbonyl (C=O) groups excluding carboxylic acids is 1. The summed E-state index contributed by atoms with van der Waals surface area (Å²) < 4.78 is 95.0. The molecule has 200 valence electrons. The molecular weight excluding hydrogens is 539 g/mol. The number of esters is 1. The summed E-state index contributed by atoms with van der Waals surface area (Å²) in [6.45, 7) is -1.03. The van der Waals surface area contributed by atoms with Gasteiger partial charge >= 0.3 is 21.3 Å². The van der Waals surface area contributed by atoms with Gasteiger partial charge in [0.25, 0.3) is 0 Å². The van der Waals surface area contributed by atoms with Gasteiger partial charge in [-0.25, -0.2) is 13.6 Å². The molecule has 0 aromatic heterocycles. The van der Waals surface area contributed by atoms with Gasteiger partial charge in [0.2, 0.25) is 0 Å². The summed E-state index contributed by atoms with van der Waals surface area (Å²) in [7, 11) is -5.82. The van der Waals surface area contributed by atoms with Crippen molar-refractivity contribution in [3.8, 4) is 22.3 Å². The highest BCUT2D eigenvalue weighted by molar-refractivity contribution is 7.87. The molecule has 1 N–H and O–H groups in total. The Labute approximate surface area is 216 Å². The Morgan fingerprint density at radius 3 is 1.92 bits per heavy atom. The fourth-order valence-corrected chi connectivity index (χ4v) is 3.66. The van der Waals surface area contributed by atoms with Gasteiger partial charge in [-0.2, -0.15) is 17.2 Å². The fourth-order valence-electron chi connectivity index (χ4n) is 3.06. The molecular formula is C25H23F5O5S2. The number of rotatable bonds is 9. The van der Waals surface area contributed by atoms with Gasteiger partial charge in [-0.1, -0.05) is 36.4 Å². The van der Waals surface area contributed by atoms with E-state index in [9.17, 15) is 35.2 Å². The highest BCUT2D eigenvalue weighted by Crippen LogP contribution is 2.36. The molecule has 12 heteroatoms. The van der Waals surface area contributed by atoms with E-state index in [-0.39, 0.29) is 24.5 Å². The van der Waals surface area contributed by atoms with Crippen molar-refractivity contribution in [2.24, 2.45) is 0 Å². The summed E-state index contributed by atoms with van der Waals surface area (Å²) in [5.41, 5.74) is 3.62. The molecule has 3 aromatic carbocycles. The Hall–Kier alpha value is -2.96. The first-order chi connectivity index (χ1) is 17.4. The molecule has 0 atom stereocenters. The molecule has 0 aliphatic carbocycles. The smallest absolute Gasteiger partial charge is 0.460 e. The van der Waals surface area contributed by atoms with Crippen molar-refractivity contribution in [3.63, 3.8) is 0 Å². The standard InChI is InChI=1S/C18H12F2S.C7H11F3O5S/c19-14-8-4-12(5-9-14)16-2-1-3-17(21)18(16)13-6-10-15(20)11-7-13;8-4-2-1-3-5-15-6(11)7(9,10)16(12,13)14/h1-11,21H;1-5H2,(H,12,13,14). The van der Waals surface area contributed by atoms with Crippen LogP contribution >= 0.6 is 12.6 Å². The lowest BCUT2D eigenvalue weighted by Gasteiger charge is -2.13. The largest absolute Gasteiger partial charge is 0.465 e. The summed E-state index contributed by atoms with van der Waals surface area (Å²) >= 11 is 4.51. The maximum atomic E-state index is 13.1. The van der Waals surface area contributed by atoms with Crippen LogP contribution in [0, 0.1) is 11.6 Å². The molecule has 0 aliphatic heterocycles. The van der Waals surface area contributed by atoms with Crippen molar-refractivity contribution >= 4 is 28.7 Å². The zero-order chi connectivity index (χ0) is 27.6. The number of unbranched alkanes of at least 4 members (excludes halogenated alkanes) is 2. The summed E-state index contributed by atoms with van der Waals surface area (Å²) in [5.74, 6) is -2.89. The van der Waals surface area contributed by atoms with Gasteiger partial charge in [0.1, 0.15) is 11.6 Å². The van der Waals surface area contributed by atoms with Crippen molar-refractivity contribution in [1.82, 2.24) is 0 Å². The average Bonchev–Trinajstić information content (AvgIpc) is 2.84. The maximum Gasteiger partial charge on any atom is 0.465 e. The second-order valence-corrected chi connectivity index (χ2v) is 9.54. The predicted octanol–water partition coefficient (Wildman–Crippen LogP) is 6.74. The van der Waals surface area contributed by atoms with Gasteiger partial charge < -0.3 is 4.74 Å². The number of alkyl halides is 3. The SMILES string of the molecule is Fc1ccc(-c2cccc(S)c2-c2ccc(F)cc2)cc1.O=C(OCCCCCF)C(F)(F)S(=O)(=O)O. The Kier molecular flexibility index (Phi) is 11.1. The molecule has 0 heterocycles. The molecule has 5 nitrogen and oxygen atoms in total. The third-order valence-corrected chi connectivity index (χ3v) is 6.09. The lowest BCUT2D eigenvalue weighted by Crippen LogP contribution is -2.39. The topological polar surface area (TPSA) is 80.7 Å². The summed E-state index contributed by atoms with van der Waals surface area (Å²) in [4.78, 5) is 11.4. The molecule has 3 rings (SSSR count). The Bertz CT molecular complexity index is 1280. The Balaban J connectivity index is 0.000000273. The highest BCUT2D eigenvalue weighted by Gasteiger charge is 2.54. The zero-order valence-corrected chi connectivity index (χ0v) is 20.9. The monoisotopic (exact) mass is 562 g/mol. The maximum absolute atomic E-state index is 13.1. The first-order valence-electron chi connectivity index (χ1n) is 10.8. The van der Waals surface area contributed by atoms with Gasteiger partial charge in [-0.15, -0.1) is 12.6 Å². The zero-order valence-electron chi connectivity index (χ0n) is 19.2. The molecule has 0 fully saturated rings. The lowest BCUT2D eigenvalue weighted by molar-refractivity contribution is -0.161. The third-order valence-electron chi connectivity index (χ3n) is 4.90. The molecule has 0 bridgehead atoms. The van der Waals surface area contributed by atoms with Crippen LogP contribution in [-0.2, 0) is 19.6 Å². The lowest BCUT2D eigenvalue weighted by atomic mass is 9.94. The van der Waals surface area contributed by atoms with Gasteiger partial charge in [0, 0.05) is 10.5 Å². The molecule has 0 unspecified atom stereocenters. The quantitative estimate of drug-likeness (QED) is 0.0993. The minimum atomic E-state index is -5.82. The number of thiol groups is 1. The highest BCUT2D eigenvalue weighted by atomic mass is 32.2. The van der Waals surface area contributed by atoms with E-state index < -0.39 is 34.6 Å². The van der Waals surface area contributed by atoms with Crippen LogP contribution in [0.25, 0.3) is 22.3 Å². The van der Waals surface area contributed by atoms with E-state index in [1.165, 1.54) is 24.3 Å². The van der Waals surface area contributed by atoms with E-state index in [1.54, 1.807) is 24.3 Å². The van der Waals surface area contributed by atoms with Crippen LogP contribution in [0.4, 0.5) is 22.0 Å². The van der Waals surface area contributed by atoms with Crippen LogP contribution in [0.15, 0.2) is 71.6 Å². The van der Waals surface area contributed by atoms with Crippen molar-refractivity contribution in [2.45, 2.75) is 29.4 Å². The first kappa shape index (κ1) is 30.3. The van der Waals surface area contributed by atoms with Crippen molar-refractivity contribution in [3.05, 3.63) is 78.4 Å². The normalized spacial score (nSPS) is 11.4. The molecule has 0 spiro atoms. The number of hydrogen-bond donors (Lipinski definition) is 2. The minimum Gasteiger partial charge on any atom is -0.460 e. The molecule has 0 aliphatic rings. The van der Waals surface area contributed by atoms with E-state index in [0.29, 0.717) is 6.42 Å². The first-order valence-corrected chi connectivity index (χ1v) is 12.7. The van der Waals surface area contributed by atoms with Crippen molar-refractivity contribution < 1.29 is 44.5 Å². The van der Waals surface area contributed by atoms with Crippen LogP contribution in [0.2, 0.25) is 0 Å². The second kappa shape index (κ2) is 13.5. The molecule has 3 aromatic rings. The van der Waals surface area contributed by atoms with Crippen LogP contribution in [0.3, 0.4) is 0 Å². The third kappa shape index (κ3) is 8.54. The van der Waals surface area contributed by atoms with E-state index in [1.807, 2.05) is 18.2 Å². The summed E-state index contributed by atoms with van der Waals surface area (Å²) in [6, 6.07) is 18.3. The van der Waals surface area contributed by atoms with Gasteiger partial charge in [-0.05, 0) is 66.3 Å². The Morgan fingerprint density at radius 1 is 0.865 bits per heavy atom. The number of benzene rings is 3. The van der Waals surface area contributed by atoms with Crippen LogP contribution in [-0.4, -0.2) is 37.5 Å². The fraction of sp³-hybridized carbons (Fsp3) is 0.240. The number of carbonyl (C=O) groups is 1. The summed E-state index contributed by atoms with van der Waals surface area (Å²) in [5, 5.41) is -4.97. The van der Waals surface area contributed by atoms with Crippen molar-refractivity contribution in [2.75, 3.05) is 13.3 Å². The predicted molar refractivity (Wildman–Crippen MR) is 132 cm³/mol. The molecule has 0 saturated heterocycles. The van der Waals surface area contributed by atoms with E-state index in [2.05, 4.69) is 17.4 Å². The van der Waals surface area contributed by atoms with Crippen LogP contribution in [0.5, 0.6) is 0 Å². The van der Waals surface area contributed by atoms with Crippen LogP contribution < -0.4 is 0 Å². The number of hydrogen-bond acceptors (Lipinski definition) is 5. The minimum absolute atomic E-state index is 0.136. The van der Waals surface area contributed by atoms with Gasteiger partial charge in [0.05, 0.1) is 13.3 Å². The van der Waals surface area contributed by atoms with Gasteiger partial charge in [0.15, 0.2) is 0 Å². The number of ether oxygens (including phenoxy) is 1. The van der Waals surface area contributed by atoms with E-state index >= 15 is 0 Å². The second-order valence-electron chi connectivity index (χ2n) is 7.59. The molecule has 0 amide bonds. The van der Waals surface area contributed by atoms with E-state index in [4.69, 9.17) is 4.55 Å². The van der Waals surface area contributed by atoms with Crippen LogP contribution in [0.1, 0.15) is 19.3 Å². The summed E-state index contributed by atoms with van der Waals surface area (Å²) in [6.07, 6.45) is 0.657. The average molecular weight is 563 g/mol. The molecule has 37 heavy (non-hydrogen) atoms. The molecule has 0 radical (unpaired) electrons. The van der Waals surface area contributed by atoms with E-state index in [0.717, 1.165) is 27.1 Å². The number of halogens is 5. The molecule has 0 saturated carbocycles.